The van der Waals surface area contributed by atoms with Crippen LogP contribution in [0, 0.1) is 0 Å². The number of aryl methyl sites for hydroxylation is 1. The zero-order valence-corrected chi connectivity index (χ0v) is 9.24. The van der Waals surface area contributed by atoms with E-state index in [2.05, 4.69) is 30.5 Å². The number of anilines is 2. The van der Waals surface area contributed by atoms with E-state index in [1.807, 2.05) is 12.1 Å². The van der Waals surface area contributed by atoms with Gasteiger partial charge in [-0.15, -0.1) is 6.58 Å². The first-order chi connectivity index (χ1) is 7.22. The Labute approximate surface area is 91.4 Å². The molecule has 1 unspecified atom stereocenters. The summed E-state index contributed by atoms with van der Waals surface area (Å²) in [6, 6.07) is 6.60. The van der Waals surface area contributed by atoms with E-state index in [0.717, 1.165) is 18.7 Å². The lowest BCUT2D eigenvalue weighted by molar-refractivity contribution is 0.657. The van der Waals surface area contributed by atoms with Gasteiger partial charge in [0.2, 0.25) is 0 Å². The van der Waals surface area contributed by atoms with Crippen LogP contribution >= 0.6 is 0 Å². The molecule has 0 amide bonds. The summed E-state index contributed by atoms with van der Waals surface area (Å²) in [5.41, 5.74) is 9.35. The molecular weight excluding hydrogens is 184 g/mol. The summed E-state index contributed by atoms with van der Waals surface area (Å²) in [5, 5.41) is 0. The van der Waals surface area contributed by atoms with Gasteiger partial charge < -0.3 is 10.6 Å². The zero-order chi connectivity index (χ0) is 10.8. The van der Waals surface area contributed by atoms with Crippen LogP contribution < -0.4 is 10.6 Å². The Balaban J connectivity index is 2.38. The molecule has 0 radical (unpaired) electrons. The molecule has 0 spiro atoms. The lowest BCUT2D eigenvalue weighted by Crippen LogP contribution is -2.35. The van der Waals surface area contributed by atoms with Gasteiger partial charge in [-0.05, 0) is 43.5 Å². The van der Waals surface area contributed by atoms with Gasteiger partial charge in [-0.2, -0.15) is 0 Å². The maximum atomic E-state index is 5.80. The number of nitrogens with two attached hydrogens (primary N) is 1. The van der Waals surface area contributed by atoms with Crippen molar-refractivity contribution in [2.24, 2.45) is 0 Å². The summed E-state index contributed by atoms with van der Waals surface area (Å²) in [4.78, 5) is 2.39. The predicted octanol–water partition coefficient (Wildman–Crippen LogP) is 2.60. The molecule has 2 rings (SSSR count). The Morgan fingerprint density at radius 1 is 1.53 bits per heavy atom. The van der Waals surface area contributed by atoms with Crippen LogP contribution in [0.4, 0.5) is 11.4 Å². The molecule has 0 saturated heterocycles. The summed E-state index contributed by atoms with van der Waals surface area (Å²) < 4.78 is 0. The van der Waals surface area contributed by atoms with Crippen LogP contribution in [0.1, 0.15) is 18.9 Å². The molecule has 2 N–H and O–H groups in total. The molecular formula is C13H18N2. The Hall–Kier alpha value is -1.44. The summed E-state index contributed by atoms with van der Waals surface area (Å²) in [5.74, 6) is 0. The minimum absolute atomic E-state index is 0.396. The molecule has 1 heterocycles. The van der Waals surface area contributed by atoms with Crippen molar-refractivity contribution in [2.45, 2.75) is 25.8 Å². The van der Waals surface area contributed by atoms with E-state index in [1.165, 1.54) is 17.7 Å². The third-order valence-electron chi connectivity index (χ3n) is 3.09. The third kappa shape index (κ3) is 1.84. The molecule has 1 aromatic carbocycles. The molecule has 0 aliphatic carbocycles. The second-order valence-corrected chi connectivity index (χ2v) is 4.16. The first kappa shape index (κ1) is 10.1. The van der Waals surface area contributed by atoms with Gasteiger partial charge in [-0.1, -0.05) is 6.08 Å². The quantitative estimate of drug-likeness (QED) is 0.590. The smallest absolute Gasteiger partial charge is 0.0442 e. The highest BCUT2D eigenvalue weighted by molar-refractivity contribution is 5.61. The molecule has 0 aromatic heterocycles. The van der Waals surface area contributed by atoms with Crippen LogP contribution in [0.25, 0.3) is 0 Å². The van der Waals surface area contributed by atoms with Gasteiger partial charge in [0.25, 0.3) is 0 Å². The fourth-order valence-electron chi connectivity index (χ4n) is 2.20. The number of nitrogen functional groups attached to an aromatic ring is 1. The zero-order valence-electron chi connectivity index (χ0n) is 9.24. The molecule has 0 bridgehead atoms. The summed E-state index contributed by atoms with van der Waals surface area (Å²) >= 11 is 0. The Morgan fingerprint density at radius 3 is 3.07 bits per heavy atom. The van der Waals surface area contributed by atoms with Gasteiger partial charge in [0.1, 0.15) is 0 Å². The van der Waals surface area contributed by atoms with Crippen molar-refractivity contribution >= 4 is 11.4 Å². The van der Waals surface area contributed by atoms with Crippen molar-refractivity contribution in [2.75, 3.05) is 17.2 Å². The van der Waals surface area contributed by atoms with Crippen molar-refractivity contribution < 1.29 is 0 Å². The number of fused-ring (bicyclic) bond motifs is 1. The van der Waals surface area contributed by atoms with Gasteiger partial charge >= 0.3 is 0 Å². The van der Waals surface area contributed by atoms with Crippen molar-refractivity contribution in [3.63, 3.8) is 0 Å². The highest BCUT2D eigenvalue weighted by Gasteiger charge is 2.19. The monoisotopic (exact) mass is 202 g/mol. The molecule has 0 saturated carbocycles. The topological polar surface area (TPSA) is 29.3 Å². The van der Waals surface area contributed by atoms with Crippen LogP contribution in [0.3, 0.4) is 0 Å². The van der Waals surface area contributed by atoms with Crippen molar-refractivity contribution in [3.8, 4) is 0 Å². The van der Waals surface area contributed by atoms with E-state index in [-0.39, 0.29) is 0 Å². The van der Waals surface area contributed by atoms with Crippen LogP contribution in [-0.4, -0.2) is 12.6 Å². The standard InChI is InChI=1S/C13H18N2/c1-3-10(2)15-8-4-5-11-9-12(14)6-7-13(11)15/h3,6-7,9-10H,1,4-5,8,14H2,2H3. The molecule has 0 fully saturated rings. The minimum Gasteiger partial charge on any atom is -0.399 e. The van der Waals surface area contributed by atoms with E-state index >= 15 is 0 Å². The Morgan fingerprint density at radius 2 is 2.33 bits per heavy atom. The average Bonchev–Trinajstić information content (AvgIpc) is 2.26. The predicted molar refractivity (Wildman–Crippen MR) is 66.2 cm³/mol. The van der Waals surface area contributed by atoms with Crippen LogP contribution in [0.2, 0.25) is 0 Å². The van der Waals surface area contributed by atoms with Gasteiger partial charge in [0, 0.05) is 24.0 Å². The molecule has 1 aromatic rings. The molecule has 1 aliphatic heterocycles. The normalized spacial score (nSPS) is 17.0. The highest BCUT2D eigenvalue weighted by atomic mass is 15.2. The fraction of sp³-hybridized carbons (Fsp3) is 0.385. The molecule has 1 atom stereocenters. The minimum atomic E-state index is 0.396. The first-order valence-corrected chi connectivity index (χ1v) is 5.50. The number of hydrogen-bond acceptors (Lipinski definition) is 2. The molecule has 15 heavy (non-hydrogen) atoms. The highest BCUT2D eigenvalue weighted by Crippen LogP contribution is 2.30. The molecule has 80 valence electrons. The van der Waals surface area contributed by atoms with Gasteiger partial charge in [0.15, 0.2) is 0 Å². The summed E-state index contributed by atoms with van der Waals surface area (Å²) in [7, 11) is 0. The average molecular weight is 202 g/mol. The second-order valence-electron chi connectivity index (χ2n) is 4.16. The number of rotatable bonds is 2. The maximum Gasteiger partial charge on any atom is 0.0442 e. The Kier molecular flexibility index (Phi) is 2.67. The van der Waals surface area contributed by atoms with Crippen molar-refractivity contribution in [1.29, 1.82) is 0 Å². The lowest BCUT2D eigenvalue weighted by atomic mass is 9.99. The van der Waals surface area contributed by atoms with E-state index in [4.69, 9.17) is 5.73 Å². The summed E-state index contributed by atoms with van der Waals surface area (Å²) in [6.07, 6.45) is 4.33. The molecule has 2 heteroatoms. The molecule has 2 nitrogen and oxygen atoms in total. The van der Waals surface area contributed by atoms with Gasteiger partial charge in [-0.3, -0.25) is 0 Å². The van der Waals surface area contributed by atoms with Crippen LogP contribution in [0.5, 0.6) is 0 Å². The van der Waals surface area contributed by atoms with Crippen LogP contribution in [-0.2, 0) is 6.42 Å². The number of benzene rings is 1. The van der Waals surface area contributed by atoms with E-state index in [0.29, 0.717) is 6.04 Å². The largest absolute Gasteiger partial charge is 0.399 e. The maximum absolute atomic E-state index is 5.80. The van der Waals surface area contributed by atoms with Gasteiger partial charge in [0.05, 0.1) is 0 Å². The van der Waals surface area contributed by atoms with Gasteiger partial charge in [-0.25, -0.2) is 0 Å². The number of hydrogen-bond donors (Lipinski definition) is 1. The van der Waals surface area contributed by atoms with E-state index < -0.39 is 0 Å². The van der Waals surface area contributed by atoms with Crippen LogP contribution in [0.15, 0.2) is 30.9 Å². The third-order valence-corrected chi connectivity index (χ3v) is 3.09. The Bertz CT molecular complexity index is 371. The molecule has 1 aliphatic rings. The van der Waals surface area contributed by atoms with Crippen molar-refractivity contribution in [1.82, 2.24) is 0 Å². The lowest BCUT2D eigenvalue weighted by Gasteiger charge is -2.35. The van der Waals surface area contributed by atoms with E-state index in [9.17, 15) is 0 Å². The summed E-state index contributed by atoms with van der Waals surface area (Å²) in [6.45, 7) is 7.15. The number of nitrogens with zero attached hydrogens (tertiary/aromatic N) is 1. The fourth-order valence-corrected chi connectivity index (χ4v) is 2.20. The van der Waals surface area contributed by atoms with E-state index in [1.54, 1.807) is 0 Å². The SMILES string of the molecule is C=CC(C)N1CCCc2cc(N)ccc21. The second kappa shape index (κ2) is 3.97. The van der Waals surface area contributed by atoms with Crippen molar-refractivity contribution in [3.05, 3.63) is 36.4 Å². The first-order valence-electron chi connectivity index (χ1n) is 5.50.